The van der Waals surface area contributed by atoms with Gasteiger partial charge in [0.1, 0.15) is 5.75 Å². The van der Waals surface area contributed by atoms with Gasteiger partial charge < -0.3 is 9.84 Å². The van der Waals surface area contributed by atoms with Gasteiger partial charge in [-0.3, -0.25) is 19.8 Å². The Balaban J connectivity index is 2.04. The Labute approximate surface area is 168 Å². The zero-order valence-corrected chi connectivity index (χ0v) is 16.1. The van der Waals surface area contributed by atoms with Crippen molar-refractivity contribution < 1.29 is 19.6 Å². The number of rotatable bonds is 4. The van der Waals surface area contributed by atoms with E-state index in [2.05, 4.69) is 0 Å². The lowest BCUT2D eigenvalue weighted by Crippen LogP contribution is -2.27. The molecule has 1 fully saturated rings. The van der Waals surface area contributed by atoms with Gasteiger partial charge in [-0.1, -0.05) is 47.4 Å². The Bertz CT molecular complexity index is 1010. The van der Waals surface area contributed by atoms with Crippen LogP contribution in [0.5, 0.6) is 11.5 Å². The highest BCUT2D eigenvalue weighted by molar-refractivity contribution is 8.27. The van der Waals surface area contributed by atoms with Crippen LogP contribution in [0.3, 0.4) is 0 Å². The molecule has 1 aliphatic heterocycles. The number of hydrogen-bond donors (Lipinski definition) is 0. The molecule has 0 spiro atoms. The summed E-state index contributed by atoms with van der Waals surface area (Å²) in [6.07, 6.45) is 1.28. The van der Waals surface area contributed by atoms with E-state index in [9.17, 15) is 20.0 Å². The first kappa shape index (κ1) is 19.2. The normalized spacial score (nSPS) is 15.5. The van der Waals surface area contributed by atoms with Crippen LogP contribution in [0.25, 0.3) is 6.08 Å². The van der Waals surface area contributed by atoms with Crippen LogP contribution in [0.4, 0.5) is 11.4 Å². The van der Waals surface area contributed by atoms with Crippen molar-refractivity contribution in [3.63, 3.8) is 0 Å². The highest BCUT2D eigenvalue weighted by Gasteiger charge is 2.33. The van der Waals surface area contributed by atoms with Crippen molar-refractivity contribution in [2.75, 3.05) is 12.0 Å². The zero-order valence-electron chi connectivity index (χ0n) is 13.7. The number of ether oxygens (including phenoxy) is 1. The number of methoxy groups -OCH3 is 1. The predicted octanol–water partition coefficient (Wildman–Crippen LogP) is 3.74. The maximum Gasteiger partial charge on any atom is 0.273 e. The van der Waals surface area contributed by atoms with Crippen LogP contribution in [0, 0.1) is 10.1 Å². The van der Waals surface area contributed by atoms with Gasteiger partial charge in [0.2, 0.25) is 0 Å². The minimum absolute atomic E-state index is 0.0346. The molecule has 7 nitrogen and oxygen atoms in total. The number of carbonyl (C=O) groups is 1. The molecular weight excluding hydrogens is 412 g/mol. The van der Waals surface area contributed by atoms with Crippen molar-refractivity contribution >= 4 is 63.3 Å². The van der Waals surface area contributed by atoms with Crippen LogP contribution in [0.1, 0.15) is 5.56 Å². The molecule has 1 aliphatic rings. The summed E-state index contributed by atoms with van der Waals surface area (Å²) < 4.78 is 5.17. The van der Waals surface area contributed by atoms with Gasteiger partial charge in [-0.05, 0) is 29.8 Å². The van der Waals surface area contributed by atoms with Crippen LogP contribution < -0.4 is 14.7 Å². The Kier molecular flexibility index (Phi) is 5.36. The summed E-state index contributed by atoms with van der Waals surface area (Å²) in [5.41, 5.74) is 0.142. The van der Waals surface area contributed by atoms with Gasteiger partial charge >= 0.3 is 0 Å². The third kappa shape index (κ3) is 3.75. The van der Waals surface area contributed by atoms with E-state index in [1.165, 1.54) is 18.1 Å². The van der Waals surface area contributed by atoms with E-state index in [1.807, 2.05) is 0 Å². The molecule has 3 rings (SSSR count). The second-order valence-electron chi connectivity index (χ2n) is 5.32. The summed E-state index contributed by atoms with van der Waals surface area (Å²) >= 11 is 12.2. The fraction of sp³-hybridized carbons (Fsp3) is 0.0588. The molecule has 0 N–H and O–H groups in total. The van der Waals surface area contributed by atoms with Crippen LogP contribution >= 0.6 is 35.6 Å². The number of halogens is 1. The number of non-ortho nitro benzene ring substituents is 1. The van der Waals surface area contributed by atoms with Gasteiger partial charge in [-0.15, -0.1) is 0 Å². The van der Waals surface area contributed by atoms with Gasteiger partial charge in [0.15, 0.2) is 4.32 Å². The Morgan fingerprint density at radius 2 is 2.07 bits per heavy atom. The summed E-state index contributed by atoms with van der Waals surface area (Å²) in [7, 11) is 1.24. The highest BCUT2D eigenvalue weighted by atomic mass is 35.5. The molecule has 0 unspecified atom stereocenters. The Hall–Kier alpha value is -2.62. The molecule has 0 bridgehead atoms. The molecule has 0 aromatic heterocycles. The fourth-order valence-electron chi connectivity index (χ4n) is 2.42. The van der Waals surface area contributed by atoms with Crippen LogP contribution in [-0.4, -0.2) is 22.3 Å². The third-order valence-corrected chi connectivity index (χ3v) is 5.18. The minimum atomic E-state index is -0.642. The van der Waals surface area contributed by atoms with Gasteiger partial charge in [-0.25, -0.2) is 0 Å². The quantitative estimate of drug-likeness (QED) is 0.321. The molecule has 138 valence electrons. The predicted molar refractivity (Wildman–Crippen MR) is 106 cm³/mol. The van der Waals surface area contributed by atoms with E-state index < -0.39 is 16.6 Å². The number of anilines is 1. The van der Waals surface area contributed by atoms with Gasteiger partial charge in [0.05, 0.1) is 28.7 Å². The Morgan fingerprint density at radius 1 is 1.33 bits per heavy atom. The number of nitro groups is 1. The second kappa shape index (κ2) is 7.55. The second-order valence-corrected chi connectivity index (χ2v) is 7.43. The van der Waals surface area contributed by atoms with E-state index in [1.54, 1.807) is 24.3 Å². The Morgan fingerprint density at radius 3 is 2.70 bits per heavy atom. The van der Waals surface area contributed by atoms with E-state index >= 15 is 0 Å². The summed E-state index contributed by atoms with van der Waals surface area (Å²) in [6.45, 7) is 0. The number of thiocarbonyl (C=S) groups is 1. The van der Waals surface area contributed by atoms with Crippen LogP contribution in [0.15, 0.2) is 41.3 Å². The first-order chi connectivity index (χ1) is 12.8. The van der Waals surface area contributed by atoms with E-state index in [0.29, 0.717) is 10.7 Å². The lowest BCUT2D eigenvalue weighted by molar-refractivity contribution is -0.385. The average Bonchev–Trinajstić information content (AvgIpc) is 2.90. The minimum Gasteiger partial charge on any atom is -0.870 e. The van der Waals surface area contributed by atoms with Crippen LogP contribution in [-0.2, 0) is 4.79 Å². The van der Waals surface area contributed by atoms with Gasteiger partial charge in [0.25, 0.3) is 11.6 Å². The standard InChI is InChI=1S/C17H11ClN2O5S2/c1-25-13-8-12(20(23)24)5-9(15(13)21)6-14-16(22)19(17(26)27-14)11-4-2-3-10(18)7-11/h2-8,21H,1H3/p-1/b14-6-. The molecule has 0 saturated carbocycles. The maximum atomic E-state index is 12.8. The highest BCUT2D eigenvalue weighted by Crippen LogP contribution is 2.39. The molecule has 1 heterocycles. The fourth-order valence-corrected chi connectivity index (χ4v) is 3.89. The summed E-state index contributed by atoms with van der Waals surface area (Å²) in [6, 6.07) is 8.74. The van der Waals surface area contributed by atoms with Crippen molar-refractivity contribution in [2.24, 2.45) is 0 Å². The largest absolute Gasteiger partial charge is 0.870 e. The maximum absolute atomic E-state index is 12.8. The summed E-state index contributed by atoms with van der Waals surface area (Å²) in [5.74, 6) is -1.19. The monoisotopic (exact) mass is 421 g/mol. The van der Waals surface area contributed by atoms with E-state index in [-0.39, 0.29) is 26.2 Å². The summed E-state index contributed by atoms with van der Waals surface area (Å²) in [4.78, 5) is 24.6. The molecule has 10 heteroatoms. The first-order valence-corrected chi connectivity index (χ1v) is 8.99. The van der Waals surface area contributed by atoms with Crippen molar-refractivity contribution in [3.8, 4) is 11.5 Å². The molecule has 1 saturated heterocycles. The summed E-state index contributed by atoms with van der Waals surface area (Å²) in [5, 5.41) is 23.9. The molecular formula is C17H10ClN2O5S2-. The SMILES string of the molecule is COc1cc([N+](=O)[O-])cc(/C=C2\SC(=S)N(c3cccc(Cl)c3)C2=O)c1[O-]. The van der Waals surface area contributed by atoms with E-state index in [4.69, 9.17) is 28.6 Å². The molecule has 1 amide bonds. The smallest absolute Gasteiger partial charge is 0.273 e. The van der Waals surface area contributed by atoms with Crippen molar-refractivity contribution in [3.05, 3.63) is 62.0 Å². The lowest BCUT2D eigenvalue weighted by atomic mass is 10.1. The number of nitro benzene ring substituents is 1. The number of thioether (sulfide) groups is 1. The molecule has 2 aromatic carbocycles. The van der Waals surface area contributed by atoms with Crippen molar-refractivity contribution in [2.45, 2.75) is 0 Å². The molecule has 0 radical (unpaired) electrons. The molecule has 0 atom stereocenters. The molecule has 0 aliphatic carbocycles. The molecule has 2 aromatic rings. The zero-order chi connectivity index (χ0) is 19.7. The average molecular weight is 422 g/mol. The topological polar surface area (TPSA) is 95.7 Å². The number of hydrogen-bond acceptors (Lipinski definition) is 7. The van der Waals surface area contributed by atoms with E-state index in [0.717, 1.165) is 23.9 Å². The van der Waals surface area contributed by atoms with Crippen molar-refractivity contribution in [1.29, 1.82) is 0 Å². The lowest BCUT2D eigenvalue weighted by Gasteiger charge is -2.16. The number of nitrogens with zero attached hydrogens (tertiary/aromatic N) is 2. The first-order valence-electron chi connectivity index (χ1n) is 7.38. The van der Waals surface area contributed by atoms with Gasteiger partial charge in [-0.2, -0.15) is 0 Å². The van der Waals surface area contributed by atoms with Crippen molar-refractivity contribution in [1.82, 2.24) is 0 Å². The number of amides is 1. The van der Waals surface area contributed by atoms with Crippen LogP contribution in [0.2, 0.25) is 5.02 Å². The third-order valence-electron chi connectivity index (χ3n) is 3.65. The van der Waals surface area contributed by atoms with Gasteiger partial charge in [0, 0.05) is 11.1 Å². The number of carbonyl (C=O) groups excluding carboxylic acids is 1. The number of benzene rings is 2. The molecule has 27 heavy (non-hydrogen) atoms.